The number of imidazole rings is 1. The van der Waals surface area contributed by atoms with Gasteiger partial charge in [-0.2, -0.15) is 0 Å². The molecule has 7 heteroatoms. The molecule has 148 valence electrons. The minimum absolute atomic E-state index is 0.671. The third-order valence-corrected chi connectivity index (χ3v) is 5.30. The number of benzene rings is 1. The summed E-state index contributed by atoms with van der Waals surface area (Å²) >= 11 is 1.73. The van der Waals surface area contributed by atoms with Gasteiger partial charge in [-0.05, 0) is 25.8 Å². The summed E-state index contributed by atoms with van der Waals surface area (Å²) in [7, 11) is 2.04. The van der Waals surface area contributed by atoms with Crippen LogP contribution in [0, 0.1) is 6.92 Å². The maximum absolute atomic E-state index is 4.76. The van der Waals surface area contributed by atoms with E-state index in [1.165, 1.54) is 5.01 Å². The monoisotopic (exact) mass is 396 g/mol. The number of aromatic nitrogens is 3. The zero-order chi connectivity index (χ0) is 19.8. The van der Waals surface area contributed by atoms with E-state index >= 15 is 0 Å². The first-order chi connectivity index (χ1) is 13.7. The van der Waals surface area contributed by atoms with Crippen molar-refractivity contribution < 1.29 is 0 Å². The molecule has 6 nitrogen and oxygen atoms in total. The molecule has 2 heterocycles. The zero-order valence-electron chi connectivity index (χ0n) is 16.8. The summed E-state index contributed by atoms with van der Waals surface area (Å²) in [5.74, 6) is 1.82. The minimum Gasteiger partial charge on any atom is -0.357 e. The van der Waals surface area contributed by atoms with Crippen LogP contribution in [0.15, 0.2) is 46.9 Å². The number of guanidine groups is 1. The molecule has 0 saturated heterocycles. The fraction of sp³-hybridized carbons (Fsp3) is 0.381. The molecule has 3 aromatic rings. The van der Waals surface area contributed by atoms with Gasteiger partial charge in [-0.1, -0.05) is 30.3 Å². The van der Waals surface area contributed by atoms with Gasteiger partial charge in [-0.3, -0.25) is 4.99 Å². The average Bonchev–Trinajstić information content (AvgIpc) is 3.34. The lowest BCUT2D eigenvalue weighted by molar-refractivity contribution is 0.464. The van der Waals surface area contributed by atoms with Crippen LogP contribution in [0.3, 0.4) is 0 Å². The molecular weight excluding hydrogens is 368 g/mol. The molecule has 0 bridgehead atoms. The van der Waals surface area contributed by atoms with E-state index in [1.54, 1.807) is 11.3 Å². The first kappa shape index (κ1) is 20.1. The van der Waals surface area contributed by atoms with Crippen molar-refractivity contribution in [3.05, 3.63) is 58.4 Å². The number of H-pyrrole nitrogens is 1. The lowest BCUT2D eigenvalue weighted by Crippen LogP contribution is -2.38. The van der Waals surface area contributed by atoms with Crippen LogP contribution in [0.4, 0.5) is 0 Å². The van der Waals surface area contributed by atoms with Gasteiger partial charge < -0.3 is 15.2 Å². The van der Waals surface area contributed by atoms with Crippen LogP contribution in [0.1, 0.15) is 29.9 Å². The maximum Gasteiger partial charge on any atom is 0.194 e. The van der Waals surface area contributed by atoms with E-state index < -0.39 is 0 Å². The molecular formula is C21H28N6S. The summed E-state index contributed by atoms with van der Waals surface area (Å²) in [6.45, 7) is 6.40. The van der Waals surface area contributed by atoms with Crippen molar-refractivity contribution in [2.75, 3.05) is 20.1 Å². The summed E-state index contributed by atoms with van der Waals surface area (Å²) < 4.78 is 0. The Morgan fingerprint density at radius 1 is 1.29 bits per heavy atom. The SMILES string of the molecule is CCNC(=NCCCc1nc(C)cs1)N(C)Cc1ncc(-c2ccccc2)[nH]1. The van der Waals surface area contributed by atoms with Gasteiger partial charge in [0.2, 0.25) is 0 Å². The second kappa shape index (κ2) is 10.0. The molecule has 0 radical (unpaired) electrons. The fourth-order valence-electron chi connectivity index (χ4n) is 2.91. The van der Waals surface area contributed by atoms with Crippen LogP contribution in [0.25, 0.3) is 11.3 Å². The summed E-state index contributed by atoms with van der Waals surface area (Å²) in [5.41, 5.74) is 3.27. The van der Waals surface area contributed by atoms with Gasteiger partial charge in [-0.25, -0.2) is 9.97 Å². The highest BCUT2D eigenvalue weighted by Gasteiger charge is 2.10. The Morgan fingerprint density at radius 2 is 2.11 bits per heavy atom. The second-order valence-electron chi connectivity index (χ2n) is 6.69. The Labute approximate surface area is 170 Å². The van der Waals surface area contributed by atoms with E-state index in [4.69, 9.17) is 4.99 Å². The van der Waals surface area contributed by atoms with Gasteiger partial charge in [0.05, 0.1) is 23.4 Å². The van der Waals surface area contributed by atoms with Crippen molar-refractivity contribution in [1.29, 1.82) is 0 Å². The molecule has 0 fully saturated rings. The van der Waals surface area contributed by atoms with E-state index in [2.05, 4.69) is 49.6 Å². The first-order valence-corrected chi connectivity index (χ1v) is 10.5. The number of aliphatic imine (C=N–C) groups is 1. The molecule has 1 aromatic carbocycles. The highest BCUT2D eigenvalue weighted by atomic mass is 32.1. The van der Waals surface area contributed by atoms with Crippen LogP contribution in [0.5, 0.6) is 0 Å². The van der Waals surface area contributed by atoms with Crippen LogP contribution >= 0.6 is 11.3 Å². The van der Waals surface area contributed by atoms with Crippen molar-refractivity contribution in [2.24, 2.45) is 4.99 Å². The topological polar surface area (TPSA) is 69.2 Å². The molecule has 0 aliphatic rings. The van der Waals surface area contributed by atoms with Crippen molar-refractivity contribution >= 4 is 17.3 Å². The van der Waals surface area contributed by atoms with Gasteiger partial charge in [0.15, 0.2) is 5.96 Å². The Bertz CT molecular complexity index is 883. The third-order valence-electron chi connectivity index (χ3n) is 4.27. The van der Waals surface area contributed by atoms with Crippen molar-refractivity contribution in [3.8, 4) is 11.3 Å². The quantitative estimate of drug-likeness (QED) is 0.344. The molecule has 0 aliphatic heterocycles. The number of nitrogens with zero attached hydrogens (tertiary/aromatic N) is 4. The second-order valence-corrected chi connectivity index (χ2v) is 7.63. The van der Waals surface area contributed by atoms with Gasteiger partial charge in [-0.15, -0.1) is 11.3 Å². The molecule has 0 unspecified atom stereocenters. The van der Waals surface area contributed by atoms with Gasteiger partial charge in [0.25, 0.3) is 0 Å². The molecule has 0 saturated carbocycles. The van der Waals surface area contributed by atoms with E-state index in [-0.39, 0.29) is 0 Å². The van der Waals surface area contributed by atoms with E-state index in [0.717, 1.165) is 54.7 Å². The molecule has 2 aromatic heterocycles. The normalized spacial score (nSPS) is 11.6. The van der Waals surface area contributed by atoms with Crippen molar-refractivity contribution in [3.63, 3.8) is 0 Å². The van der Waals surface area contributed by atoms with E-state index in [0.29, 0.717) is 6.54 Å². The number of aryl methyl sites for hydroxylation is 2. The molecule has 0 amide bonds. The summed E-state index contributed by atoms with van der Waals surface area (Å²) in [5, 5.41) is 6.66. The van der Waals surface area contributed by atoms with E-state index in [9.17, 15) is 0 Å². The predicted octanol–water partition coefficient (Wildman–Crippen LogP) is 3.87. The molecule has 2 N–H and O–H groups in total. The number of thiazole rings is 1. The number of hydrogen-bond acceptors (Lipinski definition) is 4. The number of rotatable bonds is 8. The zero-order valence-corrected chi connectivity index (χ0v) is 17.6. The van der Waals surface area contributed by atoms with Gasteiger partial charge >= 0.3 is 0 Å². The molecule has 3 rings (SSSR count). The number of aromatic amines is 1. The highest BCUT2D eigenvalue weighted by Crippen LogP contribution is 2.16. The van der Waals surface area contributed by atoms with Gasteiger partial charge in [0, 0.05) is 37.6 Å². The number of hydrogen-bond donors (Lipinski definition) is 2. The van der Waals surface area contributed by atoms with Crippen LogP contribution < -0.4 is 5.32 Å². The largest absolute Gasteiger partial charge is 0.357 e. The van der Waals surface area contributed by atoms with Gasteiger partial charge in [0.1, 0.15) is 5.82 Å². The predicted molar refractivity (Wildman–Crippen MR) is 117 cm³/mol. The lowest BCUT2D eigenvalue weighted by Gasteiger charge is -2.21. The fourth-order valence-corrected chi connectivity index (χ4v) is 3.73. The number of nitrogens with one attached hydrogen (secondary N) is 2. The molecule has 28 heavy (non-hydrogen) atoms. The Balaban J connectivity index is 1.56. The summed E-state index contributed by atoms with van der Waals surface area (Å²) in [6.07, 6.45) is 3.86. The van der Waals surface area contributed by atoms with E-state index in [1.807, 2.05) is 38.4 Å². The maximum atomic E-state index is 4.76. The van der Waals surface area contributed by atoms with Crippen molar-refractivity contribution in [1.82, 2.24) is 25.2 Å². The molecule has 0 spiro atoms. The summed E-state index contributed by atoms with van der Waals surface area (Å²) in [4.78, 5) is 19.3. The first-order valence-electron chi connectivity index (χ1n) is 9.65. The van der Waals surface area contributed by atoms with Crippen LogP contribution in [-0.2, 0) is 13.0 Å². The summed E-state index contributed by atoms with van der Waals surface area (Å²) in [6, 6.07) is 10.2. The third kappa shape index (κ3) is 5.66. The average molecular weight is 397 g/mol. The Hall–Kier alpha value is -2.67. The minimum atomic E-state index is 0.671. The van der Waals surface area contributed by atoms with Crippen LogP contribution in [-0.4, -0.2) is 45.9 Å². The Kier molecular flexibility index (Phi) is 7.19. The standard InChI is InChI=1S/C21H28N6S/c1-4-22-21(23-12-8-11-20-25-16(2)15-28-20)27(3)14-19-24-13-18(26-19)17-9-6-5-7-10-17/h5-7,9-10,13,15H,4,8,11-12,14H2,1-3H3,(H,22,23)(H,24,26). The lowest BCUT2D eigenvalue weighted by atomic mass is 10.2. The van der Waals surface area contributed by atoms with Crippen molar-refractivity contribution in [2.45, 2.75) is 33.2 Å². The Morgan fingerprint density at radius 3 is 2.82 bits per heavy atom. The molecule has 0 aliphatic carbocycles. The van der Waals surface area contributed by atoms with Crippen LogP contribution in [0.2, 0.25) is 0 Å². The molecule has 0 atom stereocenters. The smallest absolute Gasteiger partial charge is 0.194 e. The highest BCUT2D eigenvalue weighted by molar-refractivity contribution is 7.09.